The first-order chi connectivity index (χ1) is 5.81. The van der Waals surface area contributed by atoms with Gasteiger partial charge >= 0.3 is 0 Å². The van der Waals surface area contributed by atoms with Crippen molar-refractivity contribution >= 4 is 28.5 Å². The maximum Gasteiger partial charge on any atom is 0.126 e. The number of anilines is 1. The topological polar surface area (TPSA) is 67.6 Å². The summed E-state index contributed by atoms with van der Waals surface area (Å²) >= 11 is 1.57. The number of hydrogen-bond donors (Lipinski definition) is 2. The zero-order chi connectivity index (χ0) is 8.55. The van der Waals surface area contributed by atoms with E-state index in [2.05, 4.69) is 15.2 Å². The normalized spacial score (nSPS) is 10.8. The van der Waals surface area contributed by atoms with Crippen molar-refractivity contribution in [3.8, 4) is 0 Å². The molecule has 0 spiro atoms. The van der Waals surface area contributed by atoms with E-state index in [1.165, 1.54) is 0 Å². The summed E-state index contributed by atoms with van der Waals surface area (Å²) in [4.78, 5) is 4.17. The Kier molecular flexibility index (Phi) is 1.65. The molecule has 62 valence electrons. The van der Waals surface area contributed by atoms with Crippen molar-refractivity contribution in [2.75, 3.05) is 12.0 Å². The monoisotopic (exact) mass is 180 g/mol. The van der Waals surface area contributed by atoms with Gasteiger partial charge in [0, 0.05) is 6.07 Å². The van der Waals surface area contributed by atoms with E-state index in [0.29, 0.717) is 5.82 Å². The van der Waals surface area contributed by atoms with Crippen LogP contribution >= 0.6 is 11.8 Å². The molecule has 12 heavy (non-hydrogen) atoms. The predicted octanol–water partition coefficient (Wildman–Crippen LogP) is 1.26. The average Bonchev–Trinajstić information content (AvgIpc) is 2.50. The smallest absolute Gasteiger partial charge is 0.126 e. The quantitative estimate of drug-likeness (QED) is 0.648. The molecule has 0 radical (unpaired) electrons. The molecule has 0 atom stereocenters. The highest BCUT2D eigenvalue weighted by Crippen LogP contribution is 2.23. The number of pyridine rings is 1. The van der Waals surface area contributed by atoms with Crippen LogP contribution < -0.4 is 5.73 Å². The van der Waals surface area contributed by atoms with Crippen LogP contribution in [0.5, 0.6) is 0 Å². The van der Waals surface area contributed by atoms with Crippen molar-refractivity contribution in [1.29, 1.82) is 0 Å². The van der Waals surface area contributed by atoms with Gasteiger partial charge in [0.25, 0.3) is 0 Å². The second-order valence-corrected chi connectivity index (χ2v) is 3.18. The Morgan fingerprint density at radius 3 is 3.17 bits per heavy atom. The van der Waals surface area contributed by atoms with Gasteiger partial charge in [0.05, 0.1) is 17.1 Å². The Hall–Kier alpha value is -1.23. The van der Waals surface area contributed by atoms with Gasteiger partial charge < -0.3 is 5.73 Å². The fourth-order valence-electron chi connectivity index (χ4n) is 1.09. The van der Waals surface area contributed by atoms with Crippen molar-refractivity contribution in [1.82, 2.24) is 15.2 Å². The lowest BCUT2D eigenvalue weighted by molar-refractivity contribution is 1.12. The largest absolute Gasteiger partial charge is 0.384 e. The number of rotatable bonds is 1. The van der Waals surface area contributed by atoms with Gasteiger partial charge in [-0.2, -0.15) is 5.10 Å². The third-order valence-corrected chi connectivity index (χ3v) is 2.31. The van der Waals surface area contributed by atoms with Crippen molar-refractivity contribution in [2.24, 2.45) is 0 Å². The molecule has 5 heteroatoms. The molecule has 3 N–H and O–H groups in total. The van der Waals surface area contributed by atoms with E-state index in [9.17, 15) is 0 Å². The van der Waals surface area contributed by atoms with Gasteiger partial charge in [-0.25, -0.2) is 4.98 Å². The van der Waals surface area contributed by atoms with E-state index in [1.807, 2.05) is 6.26 Å². The number of aromatic nitrogens is 3. The summed E-state index contributed by atoms with van der Waals surface area (Å²) in [6.07, 6.45) is 3.72. The molecular weight excluding hydrogens is 172 g/mol. The molecule has 4 nitrogen and oxygen atoms in total. The highest BCUT2D eigenvalue weighted by molar-refractivity contribution is 7.98. The average molecular weight is 180 g/mol. The highest BCUT2D eigenvalue weighted by atomic mass is 32.2. The predicted molar refractivity (Wildman–Crippen MR) is 50.1 cm³/mol. The Bertz CT molecular complexity index is 409. The lowest BCUT2D eigenvalue weighted by Gasteiger charge is -1.98. The van der Waals surface area contributed by atoms with Crippen LogP contribution in [0.4, 0.5) is 5.82 Å². The lowest BCUT2D eigenvalue weighted by atomic mass is 10.3. The molecule has 0 aliphatic rings. The molecule has 2 aromatic rings. The second-order valence-electron chi connectivity index (χ2n) is 2.39. The third-order valence-electron chi connectivity index (χ3n) is 1.62. The van der Waals surface area contributed by atoms with Gasteiger partial charge in [0.2, 0.25) is 0 Å². The molecule has 0 fully saturated rings. The fraction of sp³-hybridized carbons (Fsp3) is 0.143. The summed E-state index contributed by atoms with van der Waals surface area (Å²) in [5.41, 5.74) is 6.52. The first-order valence-corrected chi connectivity index (χ1v) is 4.67. The lowest BCUT2D eigenvalue weighted by Crippen LogP contribution is -1.91. The molecule has 0 saturated heterocycles. The van der Waals surface area contributed by atoms with E-state index < -0.39 is 0 Å². The fourth-order valence-corrected chi connectivity index (χ4v) is 1.67. The van der Waals surface area contributed by atoms with E-state index in [-0.39, 0.29) is 0 Å². The van der Waals surface area contributed by atoms with Crippen molar-refractivity contribution in [3.63, 3.8) is 0 Å². The van der Waals surface area contributed by atoms with Gasteiger partial charge in [0.1, 0.15) is 10.8 Å². The number of nitrogens with zero attached hydrogens (tertiary/aromatic N) is 2. The number of H-pyrrole nitrogens is 1. The number of thioether (sulfide) groups is 1. The first-order valence-electron chi connectivity index (χ1n) is 3.45. The summed E-state index contributed by atoms with van der Waals surface area (Å²) in [6.45, 7) is 0. The van der Waals surface area contributed by atoms with Crippen molar-refractivity contribution < 1.29 is 0 Å². The van der Waals surface area contributed by atoms with E-state index >= 15 is 0 Å². The summed E-state index contributed by atoms with van der Waals surface area (Å²) in [5.74, 6) is 0.524. The maximum absolute atomic E-state index is 5.59. The van der Waals surface area contributed by atoms with E-state index in [4.69, 9.17) is 5.73 Å². The Balaban J connectivity index is 2.80. The van der Waals surface area contributed by atoms with Crippen LogP contribution in [0.3, 0.4) is 0 Å². The number of aromatic amines is 1. The number of hydrogen-bond acceptors (Lipinski definition) is 4. The van der Waals surface area contributed by atoms with Crippen LogP contribution in [-0.2, 0) is 0 Å². The molecule has 0 aromatic carbocycles. The van der Waals surface area contributed by atoms with Crippen molar-refractivity contribution in [2.45, 2.75) is 5.03 Å². The summed E-state index contributed by atoms with van der Waals surface area (Å²) < 4.78 is 0. The number of nitrogen functional groups attached to an aromatic ring is 1. The van der Waals surface area contributed by atoms with Gasteiger partial charge in [-0.15, -0.1) is 11.8 Å². The number of nitrogens with one attached hydrogen (secondary N) is 1. The Morgan fingerprint density at radius 2 is 2.42 bits per heavy atom. The molecule has 2 heterocycles. The molecule has 0 aliphatic heterocycles. The summed E-state index contributed by atoms with van der Waals surface area (Å²) in [7, 11) is 0. The van der Waals surface area contributed by atoms with Crippen LogP contribution in [0, 0.1) is 0 Å². The summed E-state index contributed by atoms with van der Waals surface area (Å²) in [5, 5.41) is 8.71. The number of fused-ring (bicyclic) bond motifs is 1. The molecule has 0 amide bonds. The minimum Gasteiger partial charge on any atom is -0.384 e. The van der Waals surface area contributed by atoms with E-state index in [0.717, 1.165) is 15.9 Å². The molecule has 0 saturated carbocycles. The number of nitrogens with two attached hydrogens (primary N) is 1. The third kappa shape index (κ3) is 1.02. The molecule has 0 unspecified atom stereocenters. The highest BCUT2D eigenvalue weighted by Gasteiger charge is 2.04. The molecule has 0 bridgehead atoms. The summed E-state index contributed by atoms with van der Waals surface area (Å²) in [6, 6.07) is 1.78. The maximum atomic E-state index is 5.59. The minimum absolute atomic E-state index is 0.524. The van der Waals surface area contributed by atoms with Crippen LogP contribution in [0.1, 0.15) is 0 Å². The molecule has 2 aromatic heterocycles. The van der Waals surface area contributed by atoms with Crippen LogP contribution in [0.2, 0.25) is 0 Å². The Labute approximate surface area is 73.6 Å². The second kappa shape index (κ2) is 2.67. The van der Waals surface area contributed by atoms with Crippen LogP contribution in [0.25, 0.3) is 10.9 Å². The van der Waals surface area contributed by atoms with Crippen LogP contribution in [-0.4, -0.2) is 21.4 Å². The molecule has 0 aliphatic carbocycles. The van der Waals surface area contributed by atoms with Crippen LogP contribution in [0.15, 0.2) is 17.3 Å². The van der Waals surface area contributed by atoms with Gasteiger partial charge in [0.15, 0.2) is 0 Å². The SMILES string of the molecule is CSc1nc(N)cc2[nH]ncc12. The standard InChI is InChI=1S/C7H8N4S/c1-12-7-4-3-9-11-5(4)2-6(8)10-7/h2-3H,1H3,(H2,8,10)(H,9,11). The van der Waals surface area contributed by atoms with Gasteiger partial charge in [-0.3, -0.25) is 5.10 Å². The molecular formula is C7H8N4S. The zero-order valence-corrected chi connectivity index (χ0v) is 7.35. The molecule has 2 rings (SSSR count). The Morgan fingerprint density at radius 1 is 1.58 bits per heavy atom. The van der Waals surface area contributed by atoms with Gasteiger partial charge in [-0.05, 0) is 6.26 Å². The zero-order valence-electron chi connectivity index (χ0n) is 6.53. The first kappa shape index (κ1) is 7.42. The minimum atomic E-state index is 0.524. The van der Waals surface area contributed by atoms with E-state index in [1.54, 1.807) is 24.0 Å². The van der Waals surface area contributed by atoms with Crippen molar-refractivity contribution in [3.05, 3.63) is 12.3 Å². The van der Waals surface area contributed by atoms with Gasteiger partial charge in [-0.1, -0.05) is 0 Å².